The molecule has 1 rings (SSSR count). The Morgan fingerprint density at radius 2 is 1.88 bits per heavy atom. The van der Waals surface area contributed by atoms with E-state index in [4.69, 9.17) is 0 Å². The zero-order valence-electron chi connectivity index (χ0n) is 10.2. The highest BCUT2D eigenvalue weighted by atomic mass is 16.2. The first-order valence-corrected chi connectivity index (χ1v) is 5.38. The molecule has 0 fully saturated rings. The van der Waals surface area contributed by atoms with E-state index in [-0.39, 0.29) is 17.9 Å². The van der Waals surface area contributed by atoms with Crippen LogP contribution in [0.1, 0.15) is 13.8 Å². The minimum atomic E-state index is -0.326. The second-order valence-electron chi connectivity index (χ2n) is 3.74. The van der Waals surface area contributed by atoms with Gasteiger partial charge >= 0.3 is 0 Å². The summed E-state index contributed by atoms with van der Waals surface area (Å²) in [5, 5.41) is 8.29. The zero-order chi connectivity index (χ0) is 12.8. The van der Waals surface area contributed by atoms with Gasteiger partial charge in [0.25, 0.3) is 0 Å². The van der Waals surface area contributed by atoms with E-state index >= 15 is 0 Å². The van der Waals surface area contributed by atoms with Crippen molar-refractivity contribution in [2.24, 2.45) is 0 Å². The fourth-order valence-electron chi connectivity index (χ4n) is 1.42. The van der Waals surface area contributed by atoms with Crippen molar-refractivity contribution >= 4 is 23.2 Å². The van der Waals surface area contributed by atoms with Crippen LogP contribution in [0.5, 0.6) is 0 Å². The van der Waals surface area contributed by atoms with Gasteiger partial charge in [0.05, 0.1) is 0 Å². The first kappa shape index (κ1) is 13.0. The molecule has 0 heterocycles. The third kappa shape index (κ3) is 4.14. The number of hydrogen-bond donors (Lipinski definition) is 3. The number of amides is 2. The summed E-state index contributed by atoms with van der Waals surface area (Å²) < 4.78 is 0. The van der Waals surface area contributed by atoms with Gasteiger partial charge in [-0.2, -0.15) is 0 Å². The first-order chi connectivity index (χ1) is 8.02. The van der Waals surface area contributed by atoms with Gasteiger partial charge in [-0.05, 0) is 25.1 Å². The number of nitrogens with one attached hydrogen (secondary N) is 3. The van der Waals surface area contributed by atoms with E-state index in [9.17, 15) is 9.59 Å². The molecular formula is C12H17N3O2. The smallest absolute Gasteiger partial charge is 0.241 e. The lowest BCUT2D eigenvalue weighted by Crippen LogP contribution is -2.35. The number of carbonyl (C=O) groups excluding carboxylic acids is 2. The highest BCUT2D eigenvalue weighted by molar-refractivity contribution is 5.89. The summed E-state index contributed by atoms with van der Waals surface area (Å²) in [7, 11) is 1.59. The summed E-state index contributed by atoms with van der Waals surface area (Å²) in [5.41, 5.74) is 1.49. The number of anilines is 2. The lowest BCUT2D eigenvalue weighted by molar-refractivity contribution is -0.121. The van der Waals surface area contributed by atoms with E-state index in [2.05, 4.69) is 16.0 Å². The Hall–Kier alpha value is -2.04. The van der Waals surface area contributed by atoms with Gasteiger partial charge in [0.1, 0.15) is 6.04 Å². The average Bonchev–Trinajstić information content (AvgIpc) is 2.27. The summed E-state index contributed by atoms with van der Waals surface area (Å²) in [4.78, 5) is 22.2. The molecule has 1 atom stereocenters. The lowest BCUT2D eigenvalue weighted by atomic mass is 10.2. The molecule has 0 aliphatic rings. The van der Waals surface area contributed by atoms with Crippen molar-refractivity contribution in [3.63, 3.8) is 0 Å². The number of hydrogen-bond acceptors (Lipinski definition) is 3. The zero-order valence-corrected chi connectivity index (χ0v) is 10.2. The normalized spacial score (nSPS) is 11.5. The average molecular weight is 235 g/mol. The van der Waals surface area contributed by atoms with Gasteiger partial charge in [-0.3, -0.25) is 9.59 Å². The summed E-state index contributed by atoms with van der Waals surface area (Å²) in [5.74, 6) is -0.212. The van der Waals surface area contributed by atoms with Gasteiger partial charge in [-0.1, -0.05) is 6.07 Å². The van der Waals surface area contributed by atoms with Crippen molar-refractivity contribution in [1.29, 1.82) is 0 Å². The third-order valence-electron chi connectivity index (χ3n) is 2.21. The maximum atomic E-state index is 11.3. The minimum Gasteiger partial charge on any atom is -0.374 e. The molecule has 0 saturated carbocycles. The van der Waals surface area contributed by atoms with Gasteiger partial charge in [-0.15, -0.1) is 0 Å². The van der Waals surface area contributed by atoms with Crippen LogP contribution >= 0.6 is 0 Å². The molecule has 1 aromatic carbocycles. The van der Waals surface area contributed by atoms with Crippen LogP contribution in [0.3, 0.4) is 0 Å². The quantitative estimate of drug-likeness (QED) is 0.734. The third-order valence-corrected chi connectivity index (χ3v) is 2.21. The monoisotopic (exact) mass is 235 g/mol. The van der Waals surface area contributed by atoms with E-state index in [1.54, 1.807) is 26.1 Å². The maximum absolute atomic E-state index is 11.3. The minimum absolute atomic E-state index is 0.0880. The van der Waals surface area contributed by atoms with Gasteiger partial charge in [-0.25, -0.2) is 0 Å². The van der Waals surface area contributed by atoms with Crippen LogP contribution in [0.2, 0.25) is 0 Å². The van der Waals surface area contributed by atoms with Crippen LogP contribution in [-0.4, -0.2) is 24.9 Å². The van der Waals surface area contributed by atoms with Crippen molar-refractivity contribution < 1.29 is 9.59 Å². The Bertz CT molecular complexity index is 418. The van der Waals surface area contributed by atoms with Gasteiger partial charge in [0, 0.05) is 25.3 Å². The van der Waals surface area contributed by atoms with E-state index in [1.165, 1.54) is 6.92 Å². The van der Waals surface area contributed by atoms with E-state index in [0.29, 0.717) is 5.69 Å². The fraction of sp³-hybridized carbons (Fsp3) is 0.333. The molecule has 0 radical (unpaired) electrons. The highest BCUT2D eigenvalue weighted by Crippen LogP contribution is 2.15. The molecule has 1 aromatic rings. The van der Waals surface area contributed by atoms with Crippen molar-refractivity contribution in [1.82, 2.24) is 5.32 Å². The Morgan fingerprint density at radius 3 is 2.47 bits per heavy atom. The number of rotatable bonds is 4. The van der Waals surface area contributed by atoms with Crippen LogP contribution < -0.4 is 16.0 Å². The molecule has 0 bridgehead atoms. The lowest BCUT2D eigenvalue weighted by Gasteiger charge is -2.14. The predicted molar refractivity (Wildman–Crippen MR) is 67.9 cm³/mol. The van der Waals surface area contributed by atoms with Crippen LogP contribution in [0.15, 0.2) is 24.3 Å². The molecular weight excluding hydrogens is 218 g/mol. The van der Waals surface area contributed by atoms with Gasteiger partial charge in [0.2, 0.25) is 11.8 Å². The summed E-state index contributed by atoms with van der Waals surface area (Å²) >= 11 is 0. The molecule has 2 amide bonds. The largest absolute Gasteiger partial charge is 0.374 e. The van der Waals surface area contributed by atoms with Gasteiger partial charge < -0.3 is 16.0 Å². The molecule has 0 aliphatic carbocycles. The SMILES string of the molecule is CNC(=O)C(C)Nc1cccc(NC(C)=O)c1. The molecule has 0 aliphatic heterocycles. The van der Waals surface area contributed by atoms with Crippen LogP contribution in [0.4, 0.5) is 11.4 Å². The molecule has 1 unspecified atom stereocenters. The fourth-order valence-corrected chi connectivity index (χ4v) is 1.42. The van der Waals surface area contributed by atoms with Crippen molar-refractivity contribution in [2.45, 2.75) is 19.9 Å². The van der Waals surface area contributed by atoms with Gasteiger partial charge in [0.15, 0.2) is 0 Å². The van der Waals surface area contributed by atoms with Crippen LogP contribution in [0, 0.1) is 0 Å². The van der Waals surface area contributed by atoms with E-state index in [0.717, 1.165) is 5.69 Å². The molecule has 17 heavy (non-hydrogen) atoms. The Labute approximate surface area is 101 Å². The van der Waals surface area contributed by atoms with E-state index in [1.807, 2.05) is 12.1 Å². The topological polar surface area (TPSA) is 70.2 Å². The summed E-state index contributed by atoms with van der Waals surface area (Å²) in [6.45, 7) is 3.22. The molecule has 92 valence electrons. The Morgan fingerprint density at radius 1 is 1.24 bits per heavy atom. The first-order valence-electron chi connectivity index (χ1n) is 5.38. The maximum Gasteiger partial charge on any atom is 0.241 e. The second-order valence-corrected chi connectivity index (χ2v) is 3.74. The molecule has 5 nitrogen and oxygen atoms in total. The van der Waals surface area contributed by atoms with Crippen molar-refractivity contribution in [2.75, 3.05) is 17.7 Å². The molecule has 0 aromatic heterocycles. The number of benzene rings is 1. The molecule has 0 saturated heterocycles. The molecule has 0 spiro atoms. The Balaban J connectivity index is 2.71. The summed E-state index contributed by atoms with van der Waals surface area (Å²) in [6, 6.07) is 6.89. The summed E-state index contributed by atoms with van der Waals surface area (Å²) in [6.07, 6.45) is 0. The Kier molecular flexibility index (Phi) is 4.51. The molecule has 3 N–H and O–H groups in total. The number of likely N-dealkylation sites (N-methyl/N-ethyl adjacent to an activating group) is 1. The highest BCUT2D eigenvalue weighted by Gasteiger charge is 2.10. The van der Waals surface area contributed by atoms with E-state index < -0.39 is 0 Å². The standard InChI is InChI=1S/C12H17N3O2/c1-8(12(17)13-3)14-10-5-4-6-11(7-10)15-9(2)16/h4-8,14H,1-3H3,(H,13,17)(H,15,16). The van der Waals surface area contributed by atoms with Crippen LogP contribution in [-0.2, 0) is 9.59 Å². The molecule has 5 heteroatoms. The number of carbonyl (C=O) groups is 2. The predicted octanol–water partition coefficient (Wildman–Crippen LogP) is 1.19. The van der Waals surface area contributed by atoms with Crippen molar-refractivity contribution in [3.8, 4) is 0 Å². The van der Waals surface area contributed by atoms with Crippen LogP contribution in [0.25, 0.3) is 0 Å². The second kappa shape index (κ2) is 5.89. The van der Waals surface area contributed by atoms with Crippen molar-refractivity contribution in [3.05, 3.63) is 24.3 Å².